The molecule has 0 radical (unpaired) electrons. The summed E-state index contributed by atoms with van der Waals surface area (Å²) in [6.45, 7) is 4.62. The van der Waals surface area contributed by atoms with Gasteiger partial charge in [0.05, 0.1) is 27.5 Å². The van der Waals surface area contributed by atoms with Crippen LogP contribution < -0.4 is 4.18 Å². The van der Waals surface area contributed by atoms with Gasteiger partial charge in [0.25, 0.3) is 0 Å². The van der Waals surface area contributed by atoms with E-state index in [1.807, 2.05) is 41.5 Å². The van der Waals surface area contributed by atoms with Crippen LogP contribution in [0.15, 0.2) is 11.1 Å². The molecule has 0 bridgehead atoms. The Kier molecular flexibility index (Phi) is 5.53. The van der Waals surface area contributed by atoms with Gasteiger partial charge >= 0.3 is 10.1 Å². The molecule has 0 aliphatic rings. The van der Waals surface area contributed by atoms with Crippen LogP contribution in [0.3, 0.4) is 0 Å². The highest BCUT2D eigenvalue weighted by molar-refractivity contribution is 14.1. The Morgan fingerprint density at radius 2 is 2.21 bits per heavy atom. The lowest BCUT2D eigenvalue weighted by Crippen LogP contribution is -2.14. The highest BCUT2D eigenvalue weighted by Crippen LogP contribution is 2.27. The Labute approximate surface area is 127 Å². The van der Waals surface area contributed by atoms with E-state index in [1.54, 1.807) is 19.3 Å². The molecule has 19 heavy (non-hydrogen) atoms. The van der Waals surface area contributed by atoms with Crippen molar-refractivity contribution in [1.82, 2.24) is 9.88 Å². The van der Waals surface area contributed by atoms with E-state index in [1.165, 1.54) is 0 Å². The van der Waals surface area contributed by atoms with Crippen molar-refractivity contribution in [2.45, 2.75) is 13.8 Å². The van der Waals surface area contributed by atoms with Gasteiger partial charge in [-0.3, -0.25) is 0 Å². The SMILES string of the molecule is CCN(C)/C=N/c1cc(I)c(OS(C)(=O)=O)nc1C. The van der Waals surface area contributed by atoms with Crippen LogP contribution in [-0.4, -0.2) is 44.5 Å². The Bertz CT molecular complexity index is 587. The van der Waals surface area contributed by atoms with Crippen molar-refractivity contribution < 1.29 is 12.6 Å². The summed E-state index contributed by atoms with van der Waals surface area (Å²) < 4.78 is 27.6. The van der Waals surface area contributed by atoms with Crippen LogP contribution >= 0.6 is 22.6 Å². The topological polar surface area (TPSA) is 71.9 Å². The average Bonchev–Trinajstić information content (AvgIpc) is 2.29. The van der Waals surface area contributed by atoms with E-state index in [4.69, 9.17) is 4.18 Å². The van der Waals surface area contributed by atoms with Gasteiger partial charge in [0.1, 0.15) is 0 Å². The molecule has 0 N–H and O–H groups in total. The highest BCUT2D eigenvalue weighted by Gasteiger charge is 2.12. The highest BCUT2D eigenvalue weighted by atomic mass is 127. The summed E-state index contributed by atoms with van der Waals surface area (Å²) >= 11 is 1.97. The Morgan fingerprint density at radius 1 is 1.58 bits per heavy atom. The van der Waals surface area contributed by atoms with Crippen LogP contribution in [0, 0.1) is 10.5 Å². The van der Waals surface area contributed by atoms with Crippen molar-refractivity contribution in [3.05, 3.63) is 15.3 Å². The molecule has 1 rings (SSSR count). The normalized spacial score (nSPS) is 11.8. The second-order valence-corrected chi connectivity index (χ2v) is 6.72. The van der Waals surface area contributed by atoms with E-state index in [9.17, 15) is 8.42 Å². The van der Waals surface area contributed by atoms with Gasteiger partial charge in [-0.1, -0.05) is 0 Å². The van der Waals surface area contributed by atoms with Gasteiger partial charge in [-0.2, -0.15) is 8.42 Å². The van der Waals surface area contributed by atoms with Crippen molar-refractivity contribution in [1.29, 1.82) is 0 Å². The molecule has 0 saturated carbocycles. The lowest BCUT2D eigenvalue weighted by Gasteiger charge is -2.10. The zero-order valence-electron chi connectivity index (χ0n) is 11.2. The largest absolute Gasteiger partial charge is 0.366 e. The van der Waals surface area contributed by atoms with Crippen LogP contribution in [0.2, 0.25) is 0 Å². The zero-order chi connectivity index (χ0) is 14.6. The molecular weight excluding hydrogens is 381 g/mol. The summed E-state index contributed by atoms with van der Waals surface area (Å²) in [5.41, 5.74) is 1.30. The number of halogens is 1. The van der Waals surface area contributed by atoms with E-state index in [0.717, 1.165) is 12.8 Å². The molecule has 0 aliphatic heterocycles. The third kappa shape index (κ3) is 5.31. The second kappa shape index (κ2) is 6.51. The second-order valence-electron chi connectivity index (χ2n) is 3.99. The van der Waals surface area contributed by atoms with Crippen LogP contribution in [0.5, 0.6) is 5.88 Å². The predicted molar refractivity (Wildman–Crippen MR) is 83.6 cm³/mol. The fourth-order valence-corrected chi connectivity index (χ4v) is 2.21. The van der Waals surface area contributed by atoms with Crippen molar-refractivity contribution in [3.8, 4) is 5.88 Å². The molecule has 0 spiro atoms. The molecule has 1 aromatic rings. The minimum atomic E-state index is -3.57. The van der Waals surface area contributed by atoms with Gasteiger partial charge < -0.3 is 9.08 Å². The Balaban J connectivity index is 3.07. The fraction of sp³-hybridized carbons (Fsp3) is 0.455. The lowest BCUT2D eigenvalue weighted by molar-refractivity contribution is 0.480. The zero-order valence-corrected chi connectivity index (χ0v) is 14.2. The molecule has 0 aliphatic carbocycles. The van der Waals surface area contributed by atoms with Crippen LogP contribution in [0.25, 0.3) is 0 Å². The van der Waals surface area contributed by atoms with Crippen LogP contribution in [0.4, 0.5) is 5.69 Å². The van der Waals surface area contributed by atoms with Crippen LogP contribution in [0.1, 0.15) is 12.6 Å². The van der Waals surface area contributed by atoms with E-state index in [2.05, 4.69) is 9.98 Å². The molecule has 6 nitrogen and oxygen atoms in total. The summed E-state index contributed by atoms with van der Waals surface area (Å²) in [7, 11) is -1.66. The number of rotatable bonds is 5. The van der Waals surface area contributed by atoms with Crippen molar-refractivity contribution in [2.24, 2.45) is 4.99 Å². The minimum Gasteiger partial charge on any atom is -0.366 e. The van der Waals surface area contributed by atoms with Gasteiger partial charge in [0, 0.05) is 13.6 Å². The number of aryl methyl sites for hydroxylation is 1. The molecule has 106 valence electrons. The monoisotopic (exact) mass is 397 g/mol. The first-order chi connectivity index (χ1) is 8.73. The standard InChI is InChI=1S/C11H16IN3O3S/c1-5-15(3)7-13-10-6-9(12)11(14-8(10)2)18-19(4,16)17/h6-7H,5H2,1-4H3/b13-7+. The first kappa shape index (κ1) is 16.2. The number of nitrogens with zero attached hydrogens (tertiary/aromatic N) is 3. The maximum absolute atomic E-state index is 11.1. The van der Waals surface area contributed by atoms with Crippen LogP contribution in [-0.2, 0) is 10.1 Å². The molecular formula is C11H16IN3O3S. The third-order valence-electron chi connectivity index (χ3n) is 2.23. The van der Waals surface area contributed by atoms with Crippen molar-refractivity contribution in [3.63, 3.8) is 0 Å². The van der Waals surface area contributed by atoms with E-state index >= 15 is 0 Å². The summed E-state index contributed by atoms with van der Waals surface area (Å²) in [4.78, 5) is 10.3. The molecule has 0 saturated heterocycles. The first-order valence-electron chi connectivity index (χ1n) is 5.54. The number of pyridine rings is 1. The first-order valence-corrected chi connectivity index (χ1v) is 8.43. The van der Waals surface area contributed by atoms with Gasteiger partial charge in [-0.25, -0.2) is 9.98 Å². The average molecular weight is 397 g/mol. The quantitative estimate of drug-likeness (QED) is 0.329. The number of aromatic nitrogens is 1. The Hall–Kier alpha value is -0.900. The van der Waals surface area contributed by atoms with E-state index < -0.39 is 10.1 Å². The van der Waals surface area contributed by atoms with E-state index in [-0.39, 0.29) is 5.88 Å². The molecule has 0 aromatic carbocycles. The molecule has 0 unspecified atom stereocenters. The maximum atomic E-state index is 11.1. The van der Waals surface area contributed by atoms with Gasteiger partial charge in [-0.15, -0.1) is 0 Å². The Morgan fingerprint density at radius 3 is 2.74 bits per heavy atom. The number of hydrogen-bond acceptors (Lipinski definition) is 5. The minimum absolute atomic E-state index is 0.0865. The molecule has 0 atom stereocenters. The lowest BCUT2D eigenvalue weighted by atomic mass is 10.3. The number of hydrogen-bond donors (Lipinski definition) is 0. The predicted octanol–water partition coefficient (Wildman–Crippen LogP) is 1.94. The number of aliphatic imine (C=N–C) groups is 1. The van der Waals surface area contributed by atoms with Gasteiger partial charge in [-0.05, 0) is 42.5 Å². The van der Waals surface area contributed by atoms with Gasteiger partial charge in [0.2, 0.25) is 5.88 Å². The van der Waals surface area contributed by atoms with Crippen molar-refractivity contribution >= 4 is 44.7 Å². The molecule has 8 heteroatoms. The molecule has 0 amide bonds. The van der Waals surface area contributed by atoms with Gasteiger partial charge in [0.15, 0.2) is 0 Å². The molecule has 1 aromatic heterocycles. The van der Waals surface area contributed by atoms with E-state index in [0.29, 0.717) is 15.0 Å². The summed E-state index contributed by atoms with van der Waals surface area (Å²) in [5.74, 6) is 0.0865. The summed E-state index contributed by atoms with van der Waals surface area (Å²) in [6, 6.07) is 1.74. The smallest absolute Gasteiger partial charge is 0.307 e. The fourth-order valence-electron chi connectivity index (χ4n) is 1.12. The summed E-state index contributed by atoms with van der Waals surface area (Å²) in [6.07, 6.45) is 2.69. The third-order valence-corrected chi connectivity index (χ3v) is 3.46. The van der Waals surface area contributed by atoms with Crippen molar-refractivity contribution in [2.75, 3.05) is 19.8 Å². The maximum Gasteiger partial charge on any atom is 0.307 e. The molecule has 1 heterocycles. The summed E-state index contributed by atoms with van der Waals surface area (Å²) in [5, 5.41) is 0. The molecule has 0 fully saturated rings.